The van der Waals surface area contributed by atoms with E-state index < -0.39 is 0 Å². The molecule has 0 aliphatic carbocycles. The minimum atomic E-state index is -0.194. The minimum Gasteiger partial charge on any atom is -0.456 e. The van der Waals surface area contributed by atoms with Crippen LogP contribution in [0.1, 0.15) is 11.1 Å². The molecule has 0 atom stereocenters. The van der Waals surface area contributed by atoms with Gasteiger partial charge < -0.3 is 9.73 Å². The van der Waals surface area contributed by atoms with E-state index in [1.807, 2.05) is 72.8 Å². The first-order valence-electron chi connectivity index (χ1n) is 8.36. The number of carbonyl (C=O) groups excluding carboxylic acids is 1. The van der Waals surface area contributed by atoms with Gasteiger partial charge in [0.1, 0.15) is 22.7 Å². The third-order valence-electron chi connectivity index (χ3n) is 4.45. The molecule has 0 fully saturated rings. The summed E-state index contributed by atoms with van der Waals surface area (Å²) >= 11 is 0. The van der Waals surface area contributed by atoms with E-state index in [-0.39, 0.29) is 5.91 Å². The molecule has 3 aromatic carbocycles. The Morgan fingerprint density at radius 1 is 0.846 bits per heavy atom. The number of hydrogen-bond acceptors (Lipinski definition) is 3. The maximum Gasteiger partial charge on any atom is 0.275 e. The maximum atomic E-state index is 12.3. The molecule has 1 N–H and O–H groups in total. The van der Waals surface area contributed by atoms with Crippen LogP contribution in [0.4, 0.5) is 0 Å². The summed E-state index contributed by atoms with van der Waals surface area (Å²) < 4.78 is 5.85. The lowest BCUT2D eigenvalue weighted by molar-refractivity contribution is -0.115. The van der Waals surface area contributed by atoms with Gasteiger partial charge in [-0.3, -0.25) is 4.79 Å². The van der Waals surface area contributed by atoms with Crippen molar-refractivity contribution in [1.29, 1.82) is 0 Å². The van der Waals surface area contributed by atoms with Gasteiger partial charge in [0, 0.05) is 16.3 Å². The van der Waals surface area contributed by atoms with Crippen LogP contribution in [0.2, 0.25) is 0 Å². The maximum absolute atomic E-state index is 12.3. The van der Waals surface area contributed by atoms with Crippen molar-refractivity contribution in [3.63, 3.8) is 0 Å². The molecule has 0 saturated heterocycles. The number of benzene rings is 3. The van der Waals surface area contributed by atoms with Gasteiger partial charge in [0.05, 0.1) is 0 Å². The second-order valence-corrected chi connectivity index (χ2v) is 6.16. The molecule has 4 aromatic rings. The van der Waals surface area contributed by atoms with E-state index in [1.54, 1.807) is 6.08 Å². The van der Waals surface area contributed by atoms with Crippen LogP contribution < -0.4 is 5.32 Å². The van der Waals surface area contributed by atoms with Crippen LogP contribution in [0, 0.1) is 0 Å². The van der Waals surface area contributed by atoms with E-state index in [4.69, 9.17) is 4.42 Å². The molecule has 1 amide bonds. The SMILES string of the molecule is O=C1NC(c2ccccc2)=NC1=Cc1ccc2oc3ccccc3c2c1. The lowest BCUT2D eigenvalue weighted by Crippen LogP contribution is -2.24. The van der Waals surface area contributed by atoms with Crippen LogP contribution in [0.25, 0.3) is 28.0 Å². The van der Waals surface area contributed by atoms with Gasteiger partial charge in [-0.2, -0.15) is 0 Å². The number of fused-ring (bicyclic) bond motifs is 3. The number of aliphatic imine (C=N–C) groups is 1. The Bertz CT molecular complexity index is 1220. The number of para-hydroxylation sites is 1. The lowest BCUT2D eigenvalue weighted by Gasteiger charge is -1.98. The molecule has 5 rings (SSSR count). The molecule has 4 heteroatoms. The summed E-state index contributed by atoms with van der Waals surface area (Å²) in [5, 5.41) is 4.92. The standard InChI is InChI=1S/C22H14N2O2/c25-22-18(23-21(24-22)15-6-2-1-3-7-15)13-14-10-11-20-17(12-14)16-8-4-5-9-19(16)26-20/h1-13H,(H,23,24,25). The first-order chi connectivity index (χ1) is 12.8. The summed E-state index contributed by atoms with van der Waals surface area (Å²) in [5.41, 5.74) is 3.89. The van der Waals surface area contributed by atoms with Gasteiger partial charge in [0.15, 0.2) is 0 Å². The predicted octanol–water partition coefficient (Wildman–Crippen LogP) is 4.50. The zero-order chi connectivity index (χ0) is 17.5. The average molecular weight is 338 g/mol. The molecular weight excluding hydrogens is 324 g/mol. The highest BCUT2D eigenvalue weighted by Crippen LogP contribution is 2.30. The van der Waals surface area contributed by atoms with Crippen molar-refractivity contribution in [2.75, 3.05) is 0 Å². The number of rotatable bonds is 2. The highest BCUT2D eigenvalue weighted by atomic mass is 16.3. The fourth-order valence-electron chi connectivity index (χ4n) is 3.19. The predicted molar refractivity (Wildman–Crippen MR) is 103 cm³/mol. The number of nitrogens with one attached hydrogen (secondary N) is 1. The van der Waals surface area contributed by atoms with Crippen molar-refractivity contribution in [2.45, 2.75) is 0 Å². The first kappa shape index (κ1) is 14.7. The van der Waals surface area contributed by atoms with Gasteiger partial charge in [-0.25, -0.2) is 4.99 Å². The summed E-state index contributed by atoms with van der Waals surface area (Å²) in [7, 11) is 0. The summed E-state index contributed by atoms with van der Waals surface area (Å²) in [6, 6.07) is 23.4. The van der Waals surface area contributed by atoms with Gasteiger partial charge in [-0.15, -0.1) is 0 Å². The van der Waals surface area contributed by atoms with Crippen LogP contribution in [0.15, 0.2) is 87.9 Å². The third-order valence-corrected chi connectivity index (χ3v) is 4.45. The largest absolute Gasteiger partial charge is 0.456 e. The van der Waals surface area contributed by atoms with E-state index in [2.05, 4.69) is 10.3 Å². The molecule has 0 radical (unpaired) electrons. The van der Waals surface area contributed by atoms with E-state index >= 15 is 0 Å². The fourth-order valence-corrected chi connectivity index (χ4v) is 3.19. The van der Waals surface area contributed by atoms with Crippen LogP contribution in [-0.4, -0.2) is 11.7 Å². The second kappa shape index (κ2) is 5.70. The molecule has 0 saturated carbocycles. The van der Waals surface area contributed by atoms with Crippen LogP contribution in [-0.2, 0) is 4.79 Å². The van der Waals surface area contributed by atoms with Gasteiger partial charge in [-0.1, -0.05) is 54.6 Å². The van der Waals surface area contributed by atoms with E-state index in [0.717, 1.165) is 33.1 Å². The fraction of sp³-hybridized carbons (Fsp3) is 0. The Morgan fingerprint density at radius 2 is 1.62 bits per heavy atom. The number of furan rings is 1. The van der Waals surface area contributed by atoms with Crippen molar-refractivity contribution < 1.29 is 9.21 Å². The Balaban J connectivity index is 1.58. The third kappa shape index (κ3) is 2.40. The number of nitrogens with zero attached hydrogens (tertiary/aromatic N) is 1. The lowest BCUT2D eigenvalue weighted by atomic mass is 10.1. The molecular formula is C22H14N2O2. The molecule has 26 heavy (non-hydrogen) atoms. The highest BCUT2D eigenvalue weighted by molar-refractivity contribution is 6.20. The van der Waals surface area contributed by atoms with Crippen LogP contribution >= 0.6 is 0 Å². The quantitative estimate of drug-likeness (QED) is 0.547. The van der Waals surface area contributed by atoms with Crippen molar-refractivity contribution in [3.8, 4) is 0 Å². The van der Waals surface area contributed by atoms with Crippen LogP contribution in [0.3, 0.4) is 0 Å². The first-order valence-corrected chi connectivity index (χ1v) is 8.36. The van der Waals surface area contributed by atoms with Crippen LogP contribution in [0.5, 0.6) is 0 Å². The zero-order valence-corrected chi connectivity index (χ0v) is 13.8. The van der Waals surface area contributed by atoms with Gasteiger partial charge in [-0.05, 0) is 29.8 Å². The summed E-state index contributed by atoms with van der Waals surface area (Å²) in [5.74, 6) is 0.387. The van der Waals surface area contributed by atoms with Crippen molar-refractivity contribution in [2.24, 2.45) is 4.99 Å². The molecule has 124 valence electrons. The number of carbonyl (C=O) groups is 1. The smallest absolute Gasteiger partial charge is 0.275 e. The van der Waals surface area contributed by atoms with Gasteiger partial charge in [0.25, 0.3) is 5.91 Å². The zero-order valence-electron chi connectivity index (χ0n) is 13.8. The Morgan fingerprint density at radius 3 is 2.50 bits per heavy atom. The van der Waals surface area contributed by atoms with Crippen molar-refractivity contribution >= 4 is 39.8 Å². The topological polar surface area (TPSA) is 54.6 Å². The monoisotopic (exact) mass is 338 g/mol. The van der Waals surface area contributed by atoms with E-state index in [0.29, 0.717) is 11.5 Å². The molecule has 0 bridgehead atoms. The summed E-state index contributed by atoms with van der Waals surface area (Å²) in [4.78, 5) is 16.7. The number of amides is 1. The molecule has 0 unspecified atom stereocenters. The number of amidine groups is 1. The molecule has 2 heterocycles. The van der Waals surface area contributed by atoms with E-state index in [1.165, 1.54) is 0 Å². The van der Waals surface area contributed by atoms with Crippen molar-refractivity contribution in [1.82, 2.24) is 5.32 Å². The molecule has 1 aliphatic heterocycles. The molecule has 4 nitrogen and oxygen atoms in total. The van der Waals surface area contributed by atoms with E-state index in [9.17, 15) is 4.79 Å². The molecule has 1 aliphatic rings. The Hall–Kier alpha value is -3.66. The summed E-state index contributed by atoms with van der Waals surface area (Å²) in [6.45, 7) is 0. The minimum absolute atomic E-state index is 0.194. The summed E-state index contributed by atoms with van der Waals surface area (Å²) in [6.07, 6.45) is 1.80. The highest BCUT2D eigenvalue weighted by Gasteiger charge is 2.21. The Labute approximate surface area is 149 Å². The average Bonchev–Trinajstić information content (AvgIpc) is 3.23. The number of hydrogen-bond donors (Lipinski definition) is 1. The molecule has 1 aromatic heterocycles. The second-order valence-electron chi connectivity index (χ2n) is 6.16. The van der Waals surface area contributed by atoms with Gasteiger partial charge >= 0.3 is 0 Å². The Kier molecular flexibility index (Phi) is 3.22. The van der Waals surface area contributed by atoms with Gasteiger partial charge in [0.2, 0.25) is 0 Å². The molecule has 0 spiro atoms. The van der Waals surface area contributed by atoms with Crippen molar-refractivity contribution in [3.05, 3.63) is 89.6 Å². The normalized spacial score (nSPS) is 15.6.